The highest BCUT2D eigenvalue weighted by atomic mass is 35.5. The van der Waals surface area contributed by atoms with E-state index in [1.54, 1.807) is 24.3 Å². The number of alkyl halides is 1. The molecule has 0 spiro atoms. The summed E-state index contributed by atoms with van der Waals surface area (Å²) in [5, 5.41) is 12.0. The Morgan fingerprint density at radius 2 is 2.18 bits per heavy atom. The third-order valence-corrected chi connectivity index (χ3v) is 3.28. The highest BCUT2D eigenvalue weighted by molar-refractivity contribution is 6.21. The van der Waals surface area contributed by atoms with Gasteiger partial charge in [0.15, 0.2) is 0 Å². The highest BCUT2D eigenvalue weighted by Crippen LogP contribution is 2.16. The Kier molecular flexibility index (Phi) is 4.40. The molecule has 3 nitrogen and oxygen atoms in total. The standard InChI is InChI=1S/C13H18ClNO2/c1-9(14)13(2,3)15-12(17)8-10-5-4-6-11(16)7-10/h4-7,9,16H,8H2,1-3H3,(H,15,17). The van der Waals surface area contributed by atoms with Crippen LogP contribution < -0.4 is 5.32 Å². The minimum atomic E-state index is -0.449. The number of phenolic OH excluding ortho intramolecular Hbond substituents is 1. The summed E-state index contributed by atoms with van der Waals surface area (Å²) in [4.78, 5) is 11.8. The summed E-state index contributed by atoms with van der Waals surface area (Å²) in [5.41, 5.74) is 0.329. The molecule has 1 aromatic carbocycles. The lowest BCUT2D eigenvalue weighted by Crippen LogP contribution is -2.49. The van der Waals surface area contributed by atoms with Crippen molar-refractivity contribution in [2.75, 3.05) is 0 Å². The molecule has 0 aliphatic heterocycles. The lowest BCUT2D eigenvalue weighted by Gasteiger charge is -2.29. The molecule has 0 fully saturated rings. The molecule has 0 aromatic heterocycles. The van der Waals surface area contributed by atoms with E-state index in [0.29, 0.717) is 0 Å². The lowest BCUT2D eigenvalue weighted by molar-refractivity contribution is -0.122. The molecule has 4 heteroatoms. The van der Waals surface area contributed by atoms with Gasteiger partial charge < -0.3 is 10.4 Å². The molecule has 17 heavy (non-hydrogen) atoms. The SMILES string of the molecule is CC(Cl)C(C)(C)NC(=O)Cc1cccc(O)c1. The highest BCUT2D eigenvalue weighted by Gasteiger charge is 2.25. The average molecular weight is 256 g/mol. The van der Waals surface area contributed by atoms with Gasteiger partial charge in [-0.15, -0.1) is 11.6 Å². The summed E-state index contributed by atoms with van der Waals surface area (Å²) in [6, 6.07) is 6.67. The number of benzene rings is 1. The molecule has 0 heterocycles. The zero-order valence-electron chi connectivity index (χ0n) is 10.3. The van der Waals surface area contributed by atoms with Crippen LogP contribution in [-0.4, -0.2) is 21.9 Å². The lowest BCUT2D eigenvalue weighted by atomic mass is 10.0. The van der Waals surface area contributed by atoms with Gasteiger partial charge in [-0.05, 0) is 38.5 Å². The molecule has 94 valence electrons. The minimum absolute atomic E-state index is 0.104. The van der Waals surface area contributed by atoms with E-state index < -0.39 is 5.54 Å². The average Bonchev–Trinajstić information content (AvgIpc) is 2.15. The normalized spacial score (nSPS) is 13.2. The van der Waals surface area contributed by atoms with E-state index >= 15 is 0 Å². The molecule has 1 rings (SSSR count). The predicted molar refractivity (Wildman–Crippen MR) is 69.3 cm³/mol. The number of rotatable bonds is 4. The number of hydrogen-bond donors (Lipinski definition) is 2. The van der Waals surface area contributed by atoms with Crippen LogP contribution in [0, 0.1) is 0 Å². The Morgan fingerprint density at radius 1 is 1.53 bits per heavy atom. The van der Waals surface area contributed by atoms with Gasteiger partial charge in [0.1, 0.15) is 5.75 Å². The first-order valence-electron chi connectivity index (χ1n) is 5.54. The number of phenols is 1. The van der Waals surface area contributed by atoms with Gasteiger partial charge >= 0.3 is 0 Å². The van der Waals surface area contributed by atoms with E-state index in [0.717, 1.165) is 5.56 Å². The third kappa shape index (κ3) is 4.27. The second-order valence-corrected chi connectivity index (χ2v) is 5.39. The Morgan fingerprint density at radius 3 is 2.71 bits per heavy atom. The van der Waals surface area contributed by atoms with Crippen molar-refractivity contribution < 1.29 is 9.90 Å². The molecular weight excluding hydrogens is 238 g/mol. The zero-order valence-corrected chi connectivity index (χ0v) is 11.1. The van der Waals surface area contributed by atoms with Crippen LogP contribution in [0.15, 0.2) is 24.3 Å². The van der Waals surface area contributed by atoms with Gasteiger partial charge in [0, 0.05) is 0 Å². The first-order valence-corrected chi connectivity index (χ1v) is 5.98. The van der Waals surface area contributed by atoms with Crippen LogP contribution in [0.25, 0.3) is 0 Å². The van der Waals surface area contributed by atoms with Crippen molar-refractivity contribution in [2.45, 2.75) is 38.1 Å². The maximum Gasteiger partial charge on any atom is 0.224 e. The van der Waals surface area contributed by atoms with Gasteiger partial charge in [0.05, 0.1) is 17.3 Å². The Balaban J connectivity index is 2.62. The number of hydrogen-bond acceptors (Lipinski definition) is 2. The molecule has 1 atom stereocenters. The fourth-order valence-electron chi connectivity index (χ4n) is 1.35. The number of halogens is 1. The van der Waals surface area contributed by atoms with Crippen molar-refractivity contribution in [1.29, 1.82) is 0 Å². The minimum Gasteiger partial charge on any atom is -0.508 e. The first-order chi connectivity index (χ1) is 7.81. The van der Waals surface area contributed by atoms with Crippen molar-refractivity contribution in [3.8, 4) is 5.75 Å². The smallest absolute Gasteiger partial charge is 0.224 e. The Hall–Kier alpha value is -1.22. The number of nitrogens with one attached hydrogen (secondary N) is 1. The molecular formula is C13H18ClNO2. The van der Waals surface area contributed by atoms with E-state index in [9.17, 15) is 9.90 Å². The molecule has 0 radical (unpaired) electrons. The topological polar surface area (TPSA) is 49.3 Å². The molecule has 1 amide bonds. The summed E-state index contributed by atoms with van der Waals surface area (Å²) in [6.07, 6.45) is 0.238. The van der Waals surface area contributed by atoms with E-state index in [2.05, 4.69) is 5.32 Å². The summed E-state index contributed by atoms with van der Waals surface area (Å²) >= 11 is 5.99. The van der Waals surface area contributed by atoms with Gasteiger partial charge in [-0.1, -0.05) is 12.1 Å². The molecule has 0 saturated carbocycles. The van der Waals surface area contributed by atoms with Gasteiger partial charge in [0.25, 0.3) is 0 Å². The monoisotopic (exact) mass is 255 g/mol. The van der Waals surface area contributed by atoms with Gasteiger partial charge in [-0.3, -0.25) is 4.79 Å². The van der Waals surface area contributed by atoms with E-state index in [4.69, 9.17) is 11.6 Å². The van der Waals surface area contributed by atoms with E-state index in [1.165, 1.54) is 0 Å². The van der Waals surface area contributed by atoms with E-state index in [-0.39, 0.29) is 23.5 Å². The van der Waals surface area contributed by atoms with Crippen molar-refractivity contribution in [3.05, 3.63) is 29.8 Å². The third-order valence-electron chi connectivity index (χ3n) is 2.73. The molecule has 0 aliphatic carbocycles. The quantitative estimate of drug-likeness (QED) is 0.812. The number of carbonyl (C=O) groups is 1. The second kappa shape index (κ2) is 5.41. The molecule has 0 aliphatic rings. The summed E-state index contributed by atoms with van der Waals surface area (Å²) in [6.45, 7) is 5.60. The maximum absolute atomic E-state index is 11.8. The summed E-state index contributed by atoms with van der Waals surface area (Å²) in [5.74, 6) is 0.0633. The zero-order chi connectivity index (χ0) is 13.1. The fourth-order valence-corrected chi connectivity index (χ4v) is 1.41. The largest absolute Gasteiger partial charge is 0.508 e. The number of amides is 1. The molecule has 1 aromatic rings. The van der Waals surface area contributed by atoms with Crippen LogP contribution >= 0.6 is 11.6 Å². The van der Waals surface area contributed by atoms with Crippen molar-refractivity contribution in [1.82, 2.24) is 5.32 Å². The Labute approximate surface area is 107 Å². The van der Waals surface area contributed by atoms with Gasteiger partial charge in [0.2, 0.25) is 5.91 Å². The Bertz CT molecular complexity index is 402. The van der Waals surface area contributed by atoms with Gasteiger partial charge in [-0.2, -0.15) is 0 Å². The molecule has 1 unspecified atom stereocenters. The molecule has 0 bridgehead atoms. The van der Waals surface area contributed by atoms with Gasteiger partial charge in [-0.25, -0.2) is 0 Å². The van der Waals surface area contributed by atoms with Crippen molar-refractivity contribution in [3.63, 3.8) is 0 Å². The maximum atomic E-state index is 11.8. The summed E-state index contributed by atoms with van der Waals surface area (Å²) in [7, 11) is 0. The van der Waals surface area contributed by atoms with Crippen LogP contribution in [0.4, 0.5) is 0 Å². The molecule has 0 saturated heterocycles. The van der Waals surface area contributed by atoms with Crippen LogP contribution in [0.5, 0.6) is 5.75 Å². The summed E-state index contributed by atoms with van der Waals surface area (Å²) < 4.78 is 0. The van der Waals surface area contributed by atoms with Crippen LogP contribution in [0.1, 0.15) is 26.3 Å². The second-order valence-electron chi connectivity index (χ2n) is 4.73. The van der Waals surface area contributed by atoms with Crippen LogP contribution in [0.3, 0.4) is 0 Å². The van der Waals surface area contributed by atoms with Crippen LogP contribution in [0.2, 0.25) is 0 Å². The number of carbonyl (C=O) groups excluding carboxylic acids is 1. The van der Waals surface area contributed by atoms with Crippen LogP contribution in [-0.2, 0) is 11.2 Å². The molecule has 2 N–H and O–H groups in total. The van der Waals surface area contributed by atoms with E-state index in [1.807, 2.05) is 20.8 Å². The number of aromatic hydroxyl groups is 1. The fraction of sp³-hybridized carbons (Fsp3) is 0.462. The van der Waals surface area contributed by atoms with Crippen molar-refractivity contribution in [2.24, 2.45) is 0 Å². The van der Waals surface area contributed by atoms with Crippen molar-refractivity contribution >= 4 is 17.5 Å². The first kappa shape index (κ1) is 13.8. The predicted octanol–water partition coefficient (Wildman–Crippen LogP) is 2.46.